The van der Waals surface area contributed by atoms with Crippen LogP contribution in [-0.2, 0) is 6.54 Å². The quantitative estimate of drug-likeness (QED) is 0.689. The summed E-state index contributed by atoms with van der Waals surface area (Å²) in [4.78, 5) is 6.70. The SMILES string of the molecule is C/C(=N\NC1=NCCN1Cc1ccccc1)c1ccc(Cl)cc1. The standard InChI is InChI=1S/C18H19ClN4/c1-14(16-7-9-17(19)10-8-16)21-22-18-20-11-12-23(18)13-15-5-3-2-4-6-15/h2-10H,11-13H2,1H3,(H,20,22)/b21-14+. The lowest BCUT2D eigenvalue weighted by Gasteiger charge is -2.19. The van der Waals surface area contributed by atoms with E-state index in [1.807, 2.05) is 37.3 Å². The molecular formula is C18H19ClN4. The second-order valence-electron chi connectivity index (χ2n) is 5.43. The highest BCUT2D eigenvalue weighted by atomic mass is 35.5. The molecule has 0 fully saturated rings. The first-order valence-corrected chi connectivity index (χ1v) is 8.00. The van der Waals surface area contributed by atoms with Crippen molar-refractivity contribution in [3.8, 4) is 0 Å². The van der Waals surface area contributed by atoms with E-state index in [2.05, 4.69) is 44.7 Å². The first-order valence-electron chi connectivity index (χ1n) is 7.62. The number of hydrazone groups is 1. The smallest absolute Gasteiger partial charge is 0.215 e. The molecule has 3 rings (SSSR count). The second-order valence-corrected chi connectivity index (χ2v) is 5.86. The van der Waals surface area contributed by atoms with Crippen molar-refractivity contribution in [3.63, 3.8) is 0 Å². The lowest BCUT2D eigenvalue weighted by Crippen LogP contribution is -2.35. The molecule has 1 aliphatic rings. The summed E-state index contributed by atoms with van der Waals surface area (Å²) in [6, 6.07) is 18.0. The van der Waals surface area contributed by atoms with E-state index in [1.165, 1.54) is 5.56 Å². The Labute approximate surface area is 141 Å². The number of nitrogens with zero attached hydrogens (tertiary/aromatic N) is 3. The summed E-state index contributed by atoms with van der Waals surface area (Å²) < 4.78 is 0. The number of hydrogen-bond donors (Lipinski definition) is 1. The minimum atomic E-state index is 0.726. The van der Waals surface area contributed by atoms with Crippen LogP contribution in [-0.4, -0.2) is 29.7 Å². The molecule has 23 heavy (non-hydrogen) atoms. The van der Waals surface area contributed by atoms with Crippen LogP contribution in [0, 0.1) is 0 Å². The predicted molar refractivity (Wildman–Crippen MR) is 96.0 cm³/mol. The largest absolute Gasteiger partial charge is 0.335 e. The molecule has 0 unspecified atom stereocenters. The fourth-order valence-corrected chi connectivity index (χ4v) is 2.56. The molecule has 5 heteroatoms. The Morgan fingerprint density at radius 1 is 1.17 bits per heavy atom. The van der Waals surface area contributed by atoms with Gasteiger partial charge in [0.05, 0.1) is 12.3 Å². The Bertz CT molecular complexity index is 708. The maximum Gasteiger partial charge on any atom is 0.215 e. The van der Waals surface area contributed by atoms with Gasteiger partial charge in [0.25, 0.3) is 0 Å². The monoisotopic (exact) mass is 326 g/mol. The van der Waals surface area contributed by atoms with E-state index < -0.39 is 0 Å². The van der Waals surface area contributed by atoms with Crippen molar-refractivity contribution in [3.05, 3.63) is 70.7 Å². The van der Waals surface area contributed by atoms with Gasteiger partial charge in [0, 0.05) is 18.1 Å². The Balaban J connectivity index is 1.64. The van der Waals surface area contributed by atoms with Gasteiger partial charge in [-0.2, -0.15) is 5.10 Å². The third-order valence-electron chi connectivity index (χ3n) is 3.73. The molecule has 2 aromatic carbocycles. The van der Waals surface area contributed by atoms with Gasteiger partial charge in [-0.3, -0.25) is 0 Å². The van der Waals surface area contributed by atoms with Gasteiger partial charge in [0.15, 0.2) is 0 Å². The van der Waals surface area contributed by atoms with Crippen LogP contribution in [0.3, 0.4) is 0 Å². The first-order chi connectivity index (χ1) is 11.2. The van der Waals surface area contributed by atoms with Crippen LogP contribution in [0.4, 0.5) is 0 Å². The van der Waals surface area contributed by atoms with Crippen LogP contribution >= 0.6 is 11.6 Å². The van der Waals surface area contributed by atoms with Crippen molar-refractivity contribution >= 4 is 23.3 Å². The summed E-state index contributed by atoms with van der Waals surface area (Å²) in [6.07, 6.45) is 0. The molecule has 0 bridgehead atoms. The van der Waals surface area contributed by atoms with E-state index in [-0.39, 0.29) is 0 Å². The molecule has 2 aromatic rings. The van der Waals surface area contributed by atoms with Gasteiger partial charge in [-0.05, 0) is 30.2 Å². The summed E-state index contributed by atoms with van der Waals surface area (Å²) in [6.45, 7) is 4.51. The van der Waals surface area contributed by atoms with Gasteiger partial charge >= 0.3 is 0 Å². The van der Waals surface area contributed by atoms with Gasteiger partial charge in [-0.15, -0.1) is 0 Å². The molecule has 0 aliphatic carbocycles. The number of guanidine groups is 1. The summed E-state index contributed by atoms with van der Waals surface area (Å²) in [7, 11) is 0. The number of nitrogens with one attached hydrogen (secondary N) is 1. The van der Waals surface area contributed by atoms with E-state index in [0.29, 0.717) is 0 Å². The zero-order valence-corrected chi connectivity index (χ0v) is 13.8. The van der Waals surface area contributed by atoms with Gasteiger partial charge in [-0.25, -0.2) is 10.4 Å². The van der Waals surface area contributed by atoms with Gasteiger partial charge in [0.1, 0.15) is 0 Å². The Morgan fingerprint density at radius 2 is 1.91 bits per heavy atom. The number of aliphatic imine (C=N–C) groups is 1. The lowest BCUT2D eigenvalue weighted by atomic mass is 10.1. The number of benzene rings is 2. The average Bonchev–Trinajstić information content (AvgIpc) is 3.01. The molecule has 0 saturated heterocycles. The topological polar surface area (TPSA) is 40.0 Å². The zero-order chi connectivity index (χ0) is 16.1. The summed E-state index contributed by atoms with van der Waals surface area (Å²) in [5, 5.41) is 5.17. The van der Waals surface area contributed by atoms with Crippen molar-refractivity contribution in [2.45, 2.75) is 13.5 Å². The molecular weight excluding hydrogens is 308 g/mol. The van der Waals surface area contributed by atoms with Crippen molar-refractivity contribution in [1.82, 2.24) is 10.3 Å². The van der Waals surface area contributed by atoms with Gasteiger partial charge in [0.2, 0.25) is 5.96 Å². The molecule has 0 radical (unpaired) electrons. The molecule has 0 aromatic heterocycles. The molecule has 0 saturated carbocycles. The van der Waals surface area contributed by atoms with Crippen molar-refractivity contribution < 1.29 is 0 Å². The summed E-state index contributed by atoms with van der Waals surface area (Å²) in [5.74, 6) is 0.821. The maximum absolute atomic E-state index is 5.91. The van der Waals surface area contributed by atoms with Crippen molar-refractivity contribution in [1.29, 1.82) is 0 Å². The molecule has 0 atom stereocenters. The number of rotatable bonds is 4. The van der Waals surface area contributed by atoms with E-state index >= 15 is 0 Å². The highest BCUT2D eigenvalue weighted by molar-refractivity contribution is 6.30. The zero-order valence-electron chi connectivity index (χ0n) is 13.0. The molecule has 118 valence electrons. The average molecular weight is 327 g/mol. The normalized spacial score (nSPS) is 14.8. The van der Waals surface area contributed by atoms with Crippen LogP contribution < -0.4 is 5.43 Å². The van der Waals surface area contributed by atoms with Crippen LogP contribution in [0.5, 0.6) is 0 Å². The van der Waals surface area contributed by atoms with E-state index in [9.17, 15) is 0 Å². The third-order valence-corrected chi connectivity index (χ3v) is 3.98. The van der Waals surface area contributed by atoms with Crippen molar-refractivity contribution in [2.75, 3.05) is 13.1 Å². The van der Waals surface area contributed by atoms with E-state index in [1.54, 1.807) is 0 Å². The van der Waals surface area contributed by atoms with E-state index in [0.717, 1.165) is 41.9 Å². The molecule has 1 aliphatic heterocycles. The molecule has 1 N–H and O–H groups in total. The number of halogens is 1. The first kappa shape index (κ1) is 15.6. The fourth-order valence-electron chi connectivity index (χ4n) is 2.44. The molecule has 0 spiro atoms. The highest BCUT2D eigenvalue weighted by Gasteiger charge is 2.16. The van der Waals surface area contributed by atoms with Crippen LogP contribution in [0.1, 0.15) is 18.1 Å². The summed E-state index contributed by atoms with van der Waals surface area (Å²) >= 11 is 5.91. The second kappa shape index (κ2) is 7.29. The maximum atomic E-state index is 5.91. The molecule has 4 nitrogen and oxygen atoms in total. The minimum Gasteiger partial charge on any atom is -0.335 e. The fraction of sp³-hybridized carbons (Fsp3) is 0.222. The Kier molecular flexibility index (Phi) is 4.93. The lowest BCUT2D eigenvalue weighted by molar-refractivity contribution is 0.438. The Hall–Kier alpha value is -2.33. The van der Waals surface area contributed by atoms with Crippen LogP contribution in [0.15, 0.2) is 64.7 Å². The molecule has 0 amide bonds. The van der Waals surface area contributed by atoms with E-state index in [4.69, 9.17) is 11.6 Å². The van der Waals surface area contributed by atoms with Gasteiger partial charge in [-0.1, -0.05) is 54.1 Å². The van der Waals surface area contributed by atoms with Gasteiger partial charge < -0.3 is 4.90 Å². The molecule has 1 heterocycles. The van der Waals surface area contributed by atoms with Crippen LogP contribution in [0.2, 0.25) is 5.02 Å². The Morgan fingerprint density at radius 3 is 2.65 bits per heavy atom. The predicted octanol–water partition coefficient (Wildman–Crippen LogP) is 3.53. The minimum absolute atomic E-state index is 0.726. The summed E-state index contributed by atoms with van der Waals surface area (Å²) in [5.41, 5.74) is 6.30. The third kappa shape index (κ3) is 4.11. The van der Waals surface area contributed by atoms with Crippen molar-refractivity contribution in [2.24, 2.45) is 10.1 Å². The van der Waals surface area contributed by atoms with Crippen LogP contribution in [0.25, 0.3) is 0 Å². The number of hydrogen-bond acceptors (Lipinski definition) is 4. The highest BCUT2D eigenvalue weighted by Crippen LogP contribution is 2.11.